The Bertz CT molecular complexity index is 552. The Morgan fingerprint density at radius 3 is 2.61 bits per heavy atom. The Morgan fingerprint density at radius 2 is 1.94 bits per heavy atom. The van der Waals surface area contributed by atoms with Crippen molar-refractivity contribution in [3.8, 4) is 0 Å². The molecular formula is C15H15Br2N. The molecule has 0 aliphatic heterocycles. The molecule has 94 valence electrons. The molecule has 0 aliphatic rings. The maximum Gasteiger partial charge on any atom is 0.0453 e. The highest BCUT2D eigenvalue weighted by molar-refractivity contribution is 9.10. The second kappa shape index (κ2) is 5.98. The van der Waals surface area contributed by atoms with E-state index in [1.165, 1.54) is 16.7 Å². The predicted octanol–water partition coefficient (Wildman–Crippen LogP) is 5.14. The summed E-state index contributed by atoms with van der Waals surface area (Å²) >= 11 is 7.27. The second-order valence-corrected chi connectivity index (χ2v) is 6.46. The molecule has 0 saturated carbocycles. The van der Waals surface area contributed by atoms with Crippen molar-refractivity contribution in [1.29, 1.82) is 0 Å². The molecule has 2 rings (SSSR count). The maximum atomic E-state index is 4.45. The van der Waals surface area contributed by atoms with E-state index in [4.69, 9.17) is 0 Å². The van der Waals surface area contributed by atoms with Crippen molar-refractivity contribution >= 4 is 31.9 Å². The molecule has 2 aromatic rings. The molecule has 0 spiro atoms. The summed E-state index contributed by atoms with van der Waals surface area (Å²) in [7, 11) is 0. The Kier molecular flexibility index (Phi) is 4.57. The summed E-state index contributed by atoms with van der Waals surface area (Å²) < 4.78 is 1.12. The normalized spacial score (nSPS) is 12.4. The van der Waals surface area contributed by atoms with Crippen LogP contribution in [0.25, 0.3) is 0 Å². The molecule has 0 amide bonds. The van der Waals surface area contributed by atoms with Crippen molar-refractivity contribution in [2.45, 2.75) is 25.1 Å². The number of hydrogen-bond acceptors (Lipinski definition) is 1. The van der Waals surface area contributed by atoms with Gasteiger partial charge in [-0.25, -0.2) is 0 Å². The predicted molar refractivity (Wildman–Crippen MR) is 83.2 cm³/mol. The molecule has 1 nitrogen and oxygen atoms in total. The number of alkyl halides is 1. The van der Waals surface area contributed by atoms with Gasteiger partial charge >= 0.3 is 0 Å². The lowest BCUT2D eigenvalue weighted by atomic mass is 10.0. The molecule has 0 bridgehead atoms. The average Bonchev–Trinajstić information content (AvgIpc) is 2.32. The molecule has 1 unspecified atom stereocenters. The van der Waals surface area contributed by atoms with Crippen LogP contribution >= 0.6 is 31.9 Å². The zero-order valence-corrected chi connectivity index (χ0v) is 13.6. The van der Waals surface area contributed by atoms with Gasteiger partial charge in [0, 0.05) is 27.6 Å². The third-order valence-electron chi connectivity index (χ3n) is 3.06. The van der Waals surface area contributed by atoms with Crippen LogP contribution in [0, 0.1) is 13.8 Å². The SMILES string of the molecule is Cc1cc(Br)ccc1C(Br)Cc1ncccc1C. The Hall–Kier alpha value is -0.670. The number of aromatic nitrogens is 1. The number of benzene rings is 1. The van der Waals surface area contributed by atoms with Crippen LogP contribution in [0.15, 0.2) is 41.0 Å². The Balaban J connectivity index is 2.22. The Morgan fingerprint density at radius 1 is 1.17 bits per heavy atom. The van der Waals surface area contributed by atoms with E-state index < -0.39 is 0 Å². The van der Waals surface area contributed by atoms with E-state index in [9.17, 15) is 0 Å². The van der Waals surface area contributed by atoms with E-state index >= 15 is 0 Å². The van der Waals surface area contributed by atoms with Crippen LogP contribution in [0.1, 0.15) is 27.2 Å². The number of aryl methyl sites for hydroxylation is 2. The van der Waals surface area contributed by atoms with Gasteiger partial charge < -0.3 is 0 Å². The molecule has 0 radical (unpaired) electrons. The topological polar surface area (TPSA) is 12.9 Å². The fourth-order valence-electron chi connectivity index (χ4n) is 2.00. The molecule has 0 saturated heterocycles. The van der Waals surface area contributed by atoms with Gasteiger partial charge in [0.05, 0.1) is 0 Å². The van der Waals surface area contributed by atoms with Gasteiger partial charge in [-0.05, 0) is 48.7 Å². The lowest BCUT2D eigenvalue weighted by molar-refractivity contribution is 0.885. The first-order valence-electron chi connectivity index (χ1n) is 5.88. The maximum absolute atomic E-state index is 4.45. The molecule has 18 heavy (non-hydrogen) atoms. The van der Waals surface area contributed by atoms with E-state index in [1.54, 1.807) is 0 Å². The fourth-order valence-corrected chi connectivity index (χ4v) is 3.30. The minimum atomic E-state index is 0.305. The van der Waals surface area contributed by atoms with Crippen molar-refractivity contribution in [3.05, 3.63) is 63.4 Å². The smallest absolute Gasteiger partial charge is 0.0453 e. The summed E-state index contributed by atoms with van der Waals surface area (Å²) in [6.07, 6.45) is 2.77. The van der Waals surface area contributed by atoms with Crippen molar-refractivity contribution in [2.24, 2.45) is 0 Å². The molecule has 1 heterocycles. The zero-order valence-electron chi connectivity index (χ0n) is 10.5. The monoisotopic (exact) mass is 367 g/mol. The first-order chi connectivity index (χ1) is 8.58. The van der Waals surface area contributed by atoms with Crippen LogP contribution in [0.3, 0.4) is 0 Å². The quantitative estimate of drug-likeness (QED) is 0.683. The first kappa shape index (κ1) is 13.8. The van der Waals surface area contributed by atoms with E-state index in [-0.39, 0.29) is 0 Å². The van der Waals surface area contributed by atoms with Crippen molar-refractivity contribution in [3.63, 3.8) is 0 Å². The van der Waals surface area contributed by atoms with Gasteiger partial charge in [-0.15, -0.1) is 0 Å². The summed E-state index contributed by atoms with van der Waals surface area (Å²) in [4.78, 5) is 4.76. The number of rotatable bonds is 3. The molecule has 0 fully saturated rings. The highest BCUT2D eigenvalue weighted by Gasteiger charge is 2.13. The van der Waals surface area contributed by atoms with Gasteiger partial charge in [0.2, 0.25) is 0 Å². The molecule has 1 atom stereocenters. The van der Waals surface area contributed by atoms with Crippen molar-refractivity contribution < 1.29 is 0 Å². The number of pyridine rings is 1. The second-order valence-electron chi connectivity index (χ2n) is 4.44. The van der Waals surface area contributed by atoms with Gasteiger partial charge in [0.25, 0.3) is 0 Å². The third kappa shape index (κ3) is 3.21. The summed E-state index contributed by atoms with van der Waals surface area (Å²) in [5.74, 6) is 0. The van der Waals surface area contributed by atoms with Crippen LogP contribution in [0.2, 0.25) is 0 Å². The largest absolute Gasteiger partial charge is 0.261 e. The zero-order chi connectivity index (χ0) is 13.1. The summed E-state index contributed by atoms with van der Waals surface area (Å²) in [6, 6.07) is 10.5. The van der Waals surface area contributed by atoms with E-state index in [0.717, 1.165) is 16.6 Å². The molecule has 3 heteroatoms. The minimum Gasteiger partial charge on any atom is -0.261 e. The van der Waals surface area contributed by atoms with Crippen molar-refractivity contribution in [2.75, 3.05) is 0 Å². The molecule has 1 aromatic heterocycles. The first-order valence-corrected chi connectivity index (χ1v) is 7.59. The fraction of sp³-hybridized carbons (Fsp3) is 0.267. The highest BCUT2D eigenvalue weighted by Crippen LogP contribution is 2.31. The average molecular weight is 369 g/mol. The standard InChI is InChI=1S/C15H15Br2N/c1-10-4-3-7-18-15(10)9-14(17)13-6-5-12(16)8-11(13)2/h3-8,14H,9H2,1-2H3. The molecule has 0 aliphatic carbocycles. The number of hydrogen-bond donors (Lipinski definition) is 0. The van der Waals surface area contributed by atoms with Crippen LogP contribution in [-0.4, -0.2) is 4.98 Å². The van der Waals surface area contributed by atoms with Gasteiger partial charge in [-0.1, -0.05) is 44.0 Å². The number of halogens is 2. The van der Waals surface area contributed by atoms with Gasteiger partial charge in [-0.2, -0.15) is 0 Å². The van der Waals surface area contributed by atoms with E-state index in [1.807, 2.05) is 12.3 Å². The molecule has 1 aromatic carbocycles. The van der Waals surface area contributed by atoms with Crippen LogP contribution < -0.4 is 0 Å². The van der Waals surface area contributed by atoms with E-state index in [2.05, 4.69) is 75.0 Å². The van der Waals surface area contributed by atoms with Gasteiger partial charge in [-0.3, -0.25) is 4.98 Å². The summed E-state index contributed by atoms with van der Waals surface area (Å²) in [5, 5.41) is 0. The molecule has 0 N–H and O–H groups in total. The van der Waals surface area contributed by atoms with Gasteiger partial charge in [0.1, 0.15) is 0 Å². The summed E-state index contributed by atoms with van der Waals surface area (Å²) in [5.41, 5.74) is 5.02. The highest BCUT2D eigenvalue weighted by atomic mass is 79.9. The van der Waals surface area contributed by atoms with Crippen LogP contribution in [0.4, 0.5) is 0 Å². The van der Waals surface area contributed by atoms with E-state index in [0.29, 0.717) is 4.83 Å². The minimum absolute atomic E-state index is 0.305. The molecular weight excluding hydrogens is 354 g/mol. The lowest BCUT2D eigenvalue weighted by Crippen LogP contribution is -2.01. The summed E-state index contributed by atoms with van der Waals surface area (Å²) in [6.45, 7) is 4.25. The third-order valence-corrected chi connectivity index (χ3v) is 4.37. The lowest BCUT2D eigenvalue weighted by Gasteiger charge is -2.14. The number of nitrogens with zero attached hydrogens (tertiary/aromatic N) is 1. The van der Waals surface area contributed by atoms with Crippen LogP contribution in [0.5, 0.6) is 0 Å². The van der Waals surface area contributed by atoms with Gasteiger partial charge in [0.15, 0.2) is 0 Å². The van der Waals surface area contributed by atoms with Crippen LogP contribution in [-0.2, 0) is 6.42 Å². The van der Waals surface area contributed by atoms with Crippen molar-refractivity contribution in [1.82, 2.24) is 4.98 Å². The Labute approximate surface area is 125 Å².